The lowest BCUT2D eigenvalue weighted by Gasteiger charge is -2.23. The van der Waals surface area contributed by atoms with Gasteiger partial charge in [-0.05, 0) is 49.4 Å². The Hall–Kier alpha value is -2.91. The number of carbonyl (C=O) groups excluding carboxylic acids is 1. The van der Waals surface area contributed by atoms with Gasteiger partial charge in [-0.25, -0.2) is 0 Å². The van der Waals surface area contributed by atoms with E-state index in [0.717, 1.165) is 17.9 Å². The summed E-state index contributed by atoms with van der Waals surface area (Å²) in [6.45, 7) is 3.21. The second kappa shape index (κ2) is 9.15. The van der Waals surface area contributed by atoms with Gasteiger partial charge >= 0.3 is 0 Å². The van der Waals surface area contributed by atoms with Gasteiger partial charge in [-0.3, -0.25) is 9.69 Å². The zero-order valence-corrected chi connectivity index (χ0v) is 15.8. The lowest BCUT2D eigenvalue weighted by molar-refractivity contribution is 0.0862. The van der Waals surface area contributed by atoms with E-state index in [1.54, 1.807) is 0 Å². The molecule has 0 N–H and O–H groups in total. The average Bonchev–Trinajstić information content (AvgIpc) is 2.73. The Kier molecular flexibility index (Phi) is 6.39. The van der Waals surface area contributed by atoms with Crippen molar-refractivity contribution in [3.05, 3.63) is 102 Å². The zero-order chi connectivity index (χ0) is 19.1. The highest BCUT2D eigenvalue weighted by Crippen LogP contribution is 2.17. The van der Waals surface area contributed by atoms with Gasteiger partial charge < -0.3 is 4.74 Å². The van der Waals surface area contributed by atoms with Crippen molar-refractivity contribution < 1.29 is 9.53 Å². The third kappa shape index (κ3) is 5.28. The maximum atomic E-state index is 12.8. The molecule has 0 aliphatic rings. The summed E-state index contributed by atoms with van der Waals surface area (Å²) < 4.78 is 5.79. The van der Waals surface area contributed by atoms with Crippen molar-refractivity contribution in [2.45, 2.75) is 26.1 Å². The zero-order valence-electron chi connectivity index (χ0n) is 15.8. The summed E-state index contributed by atoms with van der Waals surface area (Å²) in [5.41, 5.74) is 3.02. The number of likely N-dealkylation sites (N-methyl/N-ethyl adjacent to an activating group) is 1. The third-order valence-electron chi connectivity index (χ3n) is 4.70. The van der Waals surface area contributed by atoms with Gasteiger partial charge in [-0.15, -0.1) is 0 Å². The largest absolute Gasteiger partial charge is 0.489 e. The van der Waals surface area contributed by atoms with E-state index in [1.807, 2.05) is 86.8 Å². The van der Waals surface area contributed by atoms with E-state index in [-0.39, 0.29) is 11.8 Å². The Labute approximate surface area is 161 Å². The SMILES string of the molecule is CC(C(=O)c1ccc(OCc2ccccc2)cc1)N(C)Cc1ccccc1. The molecule has 0 fully saturated rings. The van der Waals surface area contributed by atoms with Crippen molar-refractivity contribution in [3.63, 3.8) is 0 Å². The summed E-state index contributed by atoms with van der Waals surface area (Å²) in [5.74, 6) is 0.878. The van der Waals surface area contributed by atoms with Crippen LogP contribution in [0.2, 0.25) is 0 Å². The van der Waals surface area contributed by atoms with Gasteiger partial charge in [0.15, 0.2) is 5.78 Å². The Balaban J connectivity index is 1.57. The number of hydrogen-bond donors (Lipinski definition) is 0. The minimum Gasteiger partial charge on any atom is -0.489 e. The predicted octanol–water partition coefficient (Wildman–Crippen LogP) is 4.97. The van der Waals surface area contributed by atoms with Crippen LogP contribution >= 0.6 is 0 Å². The van der Waals surface area contributed by atoms with Crippen molar-refractivity contribution in [1.82, 2.24) is 4.90 Å². The first-order valence-corrected chi connectivity index (χ1v) is 9.18. The average molecular weight is 359 g/mol. The van der Waals surface area contributed by atoms with Gasteiger partial charge in [0, 0.05) is 12.1 Å². The maximum absolute atomic E-state index is 12.8. The second-order valence-corrected chi connectivity index (χ2v) is 6.74. The highest BCUT2D eigenvalue weighted by atomic mass is 16.5. The molecule has 0 aliphatic carbocycles. The molecule has 3 aromatic carbocycles. The molecule has 0 aromatic heterocycles. The van der Waals surface area contributed by atoms with Crippen LogP contribution in [0.1, 0.15) is 28.4 Å². The smallest absolute Gasteiger partial charge is 0.179 e. The minimum atomic E-state index is -0.193. The van der Waals surface area contributed by atoms with Gasteiger partial charge in [0.1, 0.15) is 12.4 Å². The van der Waals surface area contributed by atoms with Crippen molar-refractivity contribution in [1.29, 1.82) is 0 Å². The van der Waals surface area contributed by atoms with E-state index in [4.69, 9.17) is 4.74 Å². The molecule has 3 nitrogen and oxygen atoms in total. The molecule has 0 aliphatic heterocycles. The molecule has 0 saturated carbocycles. The summed E-state index contributed by atoms with van der Waals surface area (Å²) in [6, 6.07) is 27.4. The number of Topliss-reactive ketones (excluding diaryl/α,β-unsaturated/α-hetero) is 1. The van der Waals surface area contributed by atoms with Gasteiger partial charge in [-0.2, -0.15) is 0 Å². The molecule has 0 bridgehead atoms. The summed E-state index contributed by atoms with van der Waals surface area (Å²) in [5, 5.41) is 0. The summed E-state index contributed by atoms with van der Waals surface area (Å²) in [7, 11) is 1.98. The van der Waals surface area contributed by atoms with E-state index < -0.39 is 0 Å². The molecule has 0 heterocycles. The van der Waals surface area contributed by atoms with E-state index in [9.17, 15) is 4.79 Å². The van der Waals surface area contributed by atoms with Gasteiger partial charge in [0.05, 0.1) is 6.04 Å². The fourth-order valence-electron chi connectivity index (χ4n) is 2.91. The highest BCUT2D eigenvalue weighted by Gasteiger charge is 2.19. The molecule has 0 amide bonds. The number of hydrogen-bond acceptors (Lipinski definition) is 3. The lowest BCUT2D eigenvalue weighted by atomic mass is 10.0. The van der Waals surface area contributed by atoms with Crippen LogP contribution in [-0.4, -0.2) is 23.8 Å². The molecule has 0 spiro atoms. The van der Waals surface area contributed by atoms with Crippen LogP contribution in [0, 0.1) is 0 Å². The van der Waals surface area contributed by atoms with Crippen LogP contribution in [0.4, 0.5) is 0 Å². The molecule has 1 atom stereocenters. The van der Waals surface area contributed by atoms with Crippen molar-refractivity contribution in [2.24, 2.45) is 0 Å². The normalized spacial score (nSPS) is 12.0. The lowest BCUT2D eigenvalue weighted by Crippen LogP contribution is -2.35. The van der Waals surface area contributed by atoms with Gasteiger partial charge in [-0.1, -0.05) is 60.7 Å². The van der Waals surface area contributed by atoms with Crippen molar-refractivity contribution >= 4 is 5.78 Å². The van der Waals surface area contributed by atoms with E-state index in [2.05, 4.69) is 17.0 Å². The Morgan fingerprint density at radius 1 is 0.852 bits per heavy atom. The molecule has 27 heavy (non-hydrogen) atoms. The van der Waals surface area contributed by atoms with Crippen LogP contribution in [0.3, 0.4) is 0 Å². The Morgan fingerprint density at radius 2 is 1.41 bits per heavy atom. The number of rotatable bonds is 8. The molecule has 1 unspecified atom stereocenters. The monoisotopic (exact) mass is 359 g/mol. The fraction of sp³-hybridized carbons (Fsp3) is 0.208. The molecule has 3 rings (SSSR count). The maximum Gasteiger partial charge on any atom is 0.179 e. The van der Waals surface area contributed by atoms with Crippen LogP contribution in [0.5, 0.6) is 5.75 Å². The van der Waals surface area contributed by atoms with Crippen LogP contribution < -0.4 is 4.74 Å². The first-order chi connectivity index (χ1) is 13.1. The first-order valence-electron chi connectivity index (χ1n) is 9.18. The Bertz CT molecular complexity index is 845. The molecule has 3 heteroatoms. The van der Waals surface area contributed by atoms with Gasteiger partial charge in [0.25, 0.3) is 0 Å². The summed E-state index contributed by atoms with van der Waals surface area (Å²) in [4.78, 5) is 14.9. The number of carbonyl (C=O) groups is 1. The molecular weight excluding hydrogens is 334 g/mol. The number of ether oxygens (including phenoxy) is 1. The number of benzene rings is 3. The molecule has 0 saturated heterocycles. The first kappa shape index (κ1) is 18.9. The van der Waals surface area contributed by atoms with E-state index in [1.165, 1.54) is 5.56 Å². The van der Waals surface area contributed by atoms with Crippen molar-refractivity contribution in [2.75, 3.05) is 7.05 Å². The topological polar surface area (TPSA) is 29.5 Å². The minimum absolute atomic E-state index is 0.114. The number of ketones is 1. The van der Waals surface area contributed by atoms with Crippen LogP contribution in [-0.2, 0) is 13.2 Å². The van der Waals surface area contributed by atoms with E-state index >= 15 is 0 Å². The predicted molar refractivity (Wildman–Crippen MR) is 109 cm³/mol. The fourth-order valence-corrected chi connectivity index (χ4v) is 2.91. The number of nitrogens with zero attached hydrogens (tertiary/aromatic N) is 1. The molecular formula is C24H25NO2. The Morgan fingerprint density at radius 3 is 2.00 bits per heavy atom. The summed E-state index contributed by atoms with van der Waals surface area (Å²) in [6.07, 6.45) is 0. The third-order valence-corrected chi connectivity index (χ3v) is 4.70. The van der Waals surface area contributed by atoms with Crippen molar-refractivity contribution in [3.8, 4) is 5.75 Å². The quantitative estimate of drug-likeness (QED) is 0.532. The molecule has 3 aromatic rings. The highest BCUT2D eigenvalue weighted by molar-refractivity contribution is 5.99. The van der Waals surface area contributed by atoms with Crippen LogP contribution in [0.15, 0.2) is 84.9 Å². The second-order valence-electron chi connectivity index (χ2n) is 6.74. The molecule has 0 radical (unpaired) electrons. The molecule has 138 valence electrons. The standard InChI is InChI=1S/C24H25NO2/c1-19(25(2)17-20-9-5-3-6-10-20)24(26)22-13-15-23(16-14-22)27-18-21-11-7-4-8-12-21/h3-16,19H,17-18H2,1-2H3. The van der Waals surface area contributed by atoms with E-state index in [0.29, 0.717) is 12.2 Å². The van der Waals surface area contributed by atoms with Gasteiger partial charge in [0.2, 0.25) is 0 Å². The van der Waals surface area contributed by atoms with Crippen LogP contribution in [0.25, 0.3) is 0 Å². The summed E-state index contributed by atoms with van der Waals surface area (Å²) >= 11 is 0.